The van der Waals surface area contributed by atoms with Gasteiger partial charge in [0, 0.05) is 17.0 Å². The molecule has 1 unspecified atom stereocenters. The minimum atomic E-state index is -1.35. The quantitative estimate of drug-likeness (QED) is 0.757. The van der Waals surface area contributed by atoms with Gasteiger partial charge in [-0.25, -0.2) is 9.98 Å². The Morgan fingerprint density at radius 3 is 2.86 bits per heavy atom. The number of nitrogens with two attached hydrogens (primary N) is 1. The molecule has 0 amide bonds. The molecular formula is C16H12ClN3OS. The van der Waals surface area contributed by atoms with E-state index >= 15 is 0 Å². The monoisotopic (exact) mass is 329 g/mol. The Morgan fingerprint density at radius 2 is 2.05 bits per heavy atom. The molecule has 0 saturated carbocycles. The molecule has 0 radical (unpaired) electrons. The Morgan fingerprint density at radius 1 is 1.23 bits per heavy atom. The Bertz CT molecular complexity index is 888. The molecular weight excluding hydrogens is 318 g/mol. The molecule has 0 saturated heterocycles. The third kappa shape index (κ3) is 2.01. The van der Waals surface area contributed by atoms with Gasteiger partial charge in [-0.3, -0.25) is 0 Å². The maximum atomic E-state index is 11.1. The van der Waals surface area contributed by atoms with E-state index in [-0.39, 0.29) is 12.3 Å². The Kier molecular flexibility index (Phi) is 2.97. The molecule has 3 N–H and O–H groups in total. The number of rotatable bonds is 2. The van der Waals surface area contributed by atoms with Crippen LogP contribution in [0.1, 0.15) is 10.6 Å². The minimum absolute atomic E-state index is 0.184. The van der Waals surface area contributed by atoms with Crippen LogP contribution >= 0.6 is 22.9 Å². The van der Waals surface area contributed by atoms with E-state index in [9.17, 15) is 5.11 Å². The Balaban J connectivity index is 1.79. The van der Waals surface area contributed by atoms with Crippen molar-refractivity contribution in [3.8, 4) is 0 Å². The van der Waals surface area contributed by atoms with Crippen molar-refractivity contribution in [3.05, 3.63) is 58.1 Å². The maximum Gasteiger partial charge on any atom is 0.155 e. The average molecular weight is 330 g/mol. The average Bonchev–Trinajstić information content (AvgIpc) is 2.99. The van der Waals surface area contributed by atoms with Crippen LogP contribution in [0, 0.1) is 0 Å². The summed E-state index contributed by atoms with van der Waals surface area (Å²) in [6, 6.07) is 13.1. The van der Waals surface area contributed by atoms with Crippen LogP contribution in [0.4, 0.5) is 5.69 Å². The highest BCUT2D eigenvalue weighted by Crippen LogP contribution is 2.41. The Hall–Kier alpha value is -1.95. The van der Waals surface area contributed by atoms with Crippen molar-refractivity contribution in [1.82, 2.24) is 4.98 Å². The number of aromatic nitrogens is 1. The highest BCUT2D eigenvalue weighted by atomic mass is 35.5. The molecule has 0 spiro atoms. The fourth-order valence-electron chi connectivity index (χ4n) is 2.70. The second kappa shape index (κ2) is 4.78. The van der Waals surface area contributed by atoms with Crippen LogP contribution in [0.25, 0.3) is 10.2 Å². The predicted molar refractivity (Wildman–Crippen MR) is 90.0 cm³/mol. The highest BCUT2D eigenvalue weighted by molar-refractivity contribution is 7.18. The number of aliphatic hydroxyl groups is 1. The zero-order valence-corrected chi connectivity index (χ0v) is 13.0. The topological polar surface area (TPSA) is 71.5 Å². The summed E-state index contributed by atoms with van der Waals surface area (Å²) in [5, 5.41) is 12.4. The molecule has 2 heterocycles. The summed E-state index contributed by atoms with van der Waals surface area (Å²) in [6.45, 7) is 0. The van der Waals surface area contributed by atoms with Crippen LogP contribution in [-0.2, 0) is 12.0 Å². The lowest BCUT2D eigenvalue weighted by molar-refractivity contribution is 0.114. The van der Waals surface area contributed by atoms with Crippen molar-refractivity contribution in [3.63, 3.8) is 0 Å². The van der Waals surface area contributed by atoms with Crippen LogP contribution in [0.15, 0.2) is 47.5 Å². The van der Waals surface area contributed by atoms with Crippen molar-refractivity contribution >= 4 is 44.7 Å². The van der Waals surface area contributed by atoms with Gasteiger partial charge >= 0.3 is 0 Å². The second-order valence-corrected chi connectivity index (χ2v) is 6.82. The SMILES string of the molecule is NC1=Nc2ccc(Cl)cc2C1(O)Cc1nc2ccccc2s1. The molecule has 22 heavy (non-hydrogen) atoms. The third-order valence-electron chi connectivity index (χ3n) is 3.81. The highest BCUT2D eigenvalue weighted by Gasteiger charge is 2.41. The molecule has 6 heteroatoms. The number of thiazole rings is 1. The van der Waals surface area contributed by atoms with Crippen molar-refractivity contribution < 1.29 is 5.11 Å². The van der Waals surface area contributed by atoms with Crippen LogP contribution in [0.2, 0.25) is 5.02 Å². The molecule has 4 nitrogen and oxygen atoms in total. The first-order chi connectivity index (χ1) is 10.6. The summed E-state index contributed by atoms with van der Waals surface area (Å²) < 4.78 is 1.08. The molecule has 2 aromatic carbocycles. The van der Waals surface area contributed by atoms with Gasteiger partial charge in [0.25, 0.3) is 0 Å². The minimum Gasteiger partial charge on any atom is -0.384 e. The number of hydrogen-bond acceptors (Lipinski definition) is 5. The van der Waals surface area contributed by atoms with Gasteiger partial charge in [0.2, 0.25) is 0 Å². The normalized spacial score (nSPS) is 20.2. The van der Waals surface area contributed by atoms with Gasteiger partial charge < -0.3 is 10.8 Å². The summed E-state index contributed by atoms with van der Waals surface area (Å²) in [5.41, 5.74) is 6.85. The lowest BCUT2D eigenvalue weighted by atomic mass is 9.91. The molecule has 4 rings (SSSR count). The number of nitrogens with zero attached hydrogens (tertiary/aromatic N) is 2. The fraction of sp³-hybridized carbons (Fsp3) is 0.125. The van der Waals surface area contributed by atoms with Crippen LogP contribution in [0.3, 0.4) is 0 Å². The molecule has 110 valence electrons. The fourth-order valence-corrected chi connectivity index (χ4v) is 3.91. The molecule has 0 bridgehead atoms. The standard InChI is InChI=1S/C16H12ClN3OS/c17-9-5-6-11-10(7-9)16(21,15(18)20-11)8-14-19-12-3-1-2-4-13(12)22-14/h1-7,21H,8H2,(H2,18,20). The third-order valence-corrected chi connectivity index (χ3v) is 5.09. The van der Waals surface area contributed by atoms with Crippen molar-refractivity contribution in [1.29, 1.82) is 0 Å². The van der Waals surface area contributed by atoms with E-state index in [0.717, 1.165) is 15.2 Å². The van der Waals surface area contributed by atoms with E-state index in [0.29, 0.717) is 16.3 Å². The molecule has 1 aromatic heterocycles. The summed E-state index contributed by atoms with van der Waals surface area (Å²) in [5.74, 6) is 0.184. The molecule has 0 aliphatic carbocycles. The number of aliphatic imine (C=N–C) groups is 1. The summed E-state index contributed by atoms with van der Waals surface area (Å²) in [6.07, 6.45) is 0.287. The first-order valence-corrected chi connectivity index (χ1v) is 7.97. The number of fused-ring (bicyclic) bond motifs is 2. The van der Waals surface area contributed by atoms with Gasteiger partial charge in [-0.2, -0.15) is 0 Å². The number of halogens is 1. The lowest BCUT2D eigenvalue weighted by Crippen LogP contribution is -2.40. The molecule has 1 aliphatic rings. The van der Waals surface area contributed by atoms with Gasteiger partial charge in [0.05, 0.1) is 20.9 Å². The van der Waals surface area contributed by atoms with E-state index in [1.54, 1.807) is 29.5 Å². The van der Waals surface area contributed by atoms with E-state index < -0.39 is 5.60 Å². The summed E-state index contributed by atoms with van der Waals surface area (Å²) >= 11 is 7.60. The number of amidine groups is 1. The van der Waals surface area contributed by atoms with Crippen LogP contribution in [-0.4, -0.2) is 15.9 Å². The molecule has 1 atom stereocenters. The van der Waals surface area contributed by atoms with Gasteiger partial charge in [-0.15, -0.1) is 11.3 Å². The Labute approximate surface area is 135 Å². The number of para-hydroxylation sites is 1. The van der Waals surface area contributed by atoms with Crippen molar-refractivity contribution in [2.45, 2.75) is 12.0 Å². The van der Waals surface area contributed by atoms with Crippen LogP contribution < -0.4 is 5.73 Å². The second-order valence-electron chi connectivity index (χ2n) is 5.27. The van der Waals surface area contributed by atoms with Gasteiger partial charge in [0.15, 0.2) is 5.60 Å². The lowest BCUT2D eigenvalue weighted by Gasteiger charge is -2.23. The smallest absolute Gasteiger partial charge is 0.155 e. The number of benzene rings is 2. The van der Waals surface area contributed by atoms with Gasteiger partial charge in [-0.05, 0) is 30.3 Å². The van der Waals surface area contributed by atoms with E-state index in [4.69, 9.17) is 17.3 Å². The van der Waals surface area contributed by atoms with Crippen molar-refractivity contribution in [2.24, 2.45) is 10.7 Å². The van der Waals surface area contributed by atoms with Gasteiger partial charge in [0.1, 0.15) is 5.84 Å². The van der Waals surface area contributed by atoms with Crippen molar-refractivity contribution in [2.75, 3.05) is 0 Å². The first-order valence-electron chi connectivity index (χ1n) is 6.78. The molecule has 3 aromatic rings. The van der Waals surface area contributed by atoms with Gasteiger partial charge in [-0.1, -0.05) is 23.7 Å². The largest absolute Gasteiger partial charge is 0.384 e. The zero-order valence-electron chi connectivity index (χ0n) is 11.5. The van der Waals surface area contributed by atoms with E-state index in [1.807, 2.05) is 24.3 Å². The maximum absolute atomic E-state index is 11.1. The summed E-state index contributed by atoms with van der Waals surface area (Å²) in [7, 11) is 0. The summed E-state index contributed by atoms with van der Waals surface area (Å²) in [4.78, 5) is 8.83. The molecule has 1 aliphatic heterocycles. The van der Waals surface area contributed by atoms with E-state index in [2.05, 4.69) is 9.98 Å². The van der Waals surface area contributed by atoms with E-state index in [1.165, 1.54) is 0 Å². The number of hydrogen-bond donors (Lipinski definition) is 2. The zero-order chi connectivity index (χ0) is 15.3. The first kappa shape index (κ1) is 13.7. The molecule has 0 fully saturated rings. The van der Waals surface area contributed by atoms with Crippen LogP contribution in [0.5, 0.6) is 0 Å². The predicted octanol–water partition coefficient (Wildman–Crippen LogP) is 3.38.